The molecule has 0 radical (unpaired) electrons. The number of aromatic amines is 1. The zero-order valence-corrected chi connectivity index (χ0v) is 17.6. The van der Waals surface area contributed by atoms with Crippen molar-refractivity contribution in [3.63, 3.8) is 0 Å². The van der Waals surface area contributed by atoms with Gasteiger partial charge in [-0.25, -0.2) is 9.59 Å². The van der Waals surface area contributed by atoms with Crippen LogP contribution in [-0.2, 0) is 9.53 Å². The molecule has 2 aliphatic rings. The van der Waals surface area contributed by atoms with E-state index in [2.05, 4.69) is 33.0 Å². The number of H-pyrrole nitrogens is 1. The third kappa shape index (κ3) is 3.71. The lowest BCUT2D eigenvalue weighted by molar-refractivity contribution is -0.148. The molecule has 2 aromatic carbocycles. The highest BCUT2D eigenvalue weighted by Gasteiger charge is 2.46. The van der Waals surface area contributed by atoms with E-state index in [0.29, 0.717) is 12.8 Å². The van der Waals surface area contributed by atoms with E-state index in [4.69, 9.17) is 4.74 Å². The Hall–Kier alpha value is -4.14. The standard InChI is InChI=1S/C24H22N4O5/c29-21(26-24(22(30)31)10-5-11-24)19-12-20(28-27-19)25-23(32)33-13-18-16-8-3-1-6-14(16)15-7-2-4-9-17(15)18/h1-4,6-9,12,18H,5,10-11,13H2,(H,26,29)(H,30,31)(H2,25,27,28,32). The Kier molecular flexibility index (Phi) is 5.08. The van der Waals surface area contributed by atoms with Gasteiger partial charge in [0.25, 0.3) is 5.91 Å². The first-order valence-electron chi connectivity index (χ1n) is 10.7. The summed E-state index contributed by atoms with van der Waals surface area (Å²) >= 11 is 0. The van der Waals surface area contributed by atoms with Crippen LogP contribution < -0.4 is 10.6 Å². The van der Waals surface area contributed by atoms with Crippen LogP contribution in [0.3, 0.4) is 0 Å². The fourth-order valence-electron chi connectivity index (χ4n) is 4.45. The third-order valence-electron chi connectivity index (χ3n) is 6.37. The summed E-state index contributed by atoms with van der Waals surface area (Å²) in [7, 11) is 0. The van der Waals surface area contributed by atoms with Crippen LogP contribution in [0, 0.1) is 0 Å². The molecule has 0 aliphatic heterocycles. The van der Waals surface area contributed by atoms with Crippen molar-refractivity contribution in [3.05, 3.63) is 71.4 Å². The molecular formula is C24H22N4O5. The molecule has 1 fully saturated rings. The molecule has 3 aromatic rings. The summed E-state index contributed by atoms with van der Waals surface area (Å²) in [6.45, 7) is 0.152. The van der Waals surface area contributed by atoms with Crippen molar-refractivity contribution in [2.24, 2.45) is 0 Å². The van der Waals surface area contributed by atoms with Gasteiger partial charge in [-0.1, -0.05) is 48.5 Å². The lowest BCUT2D eigenvalue weighted by atomic mass is 9.76. The molecule has 1 aromatic heterocycles. The topological polar surface area (TPSA) is 133 Å². The van der Waals surface area contributed by atoms with Crippen LogP contribution in [-0.4, -0.2) is 45.4 Å². The summed E-state index contributed by atoms with van der Waals surface area (Å²) < 4.78 is 5.47. The van der Waals surface area contributed by atoms with Crippen molar-refractivity contribution in [2.45, 2.75) is 30.7 Å². The normalized spacial score (nSPS) is 15.6. The van der Waals surface area contributed by atoms with Crippen molar-refractivity contribution >= 4 is 23.8 Å². The van der Waals surface area contributed by atoms with Gasteiger partial charge in [-0.15, -0.1) is 0 Å². The molecule has 33 heavy (non-hydrogen) atoms. The fourth-order valence-corrected chi connectivity index (χ4v) is 4.45. The van der Waals surface area contributed by atoms with E-state index in [1.165, 1.54) is 6.07 Å². The van der Waals surface area contributed by atoms with Gasteiger partial charge < -0.3 is 15.2 Å². The zero-order chi connectivity index (χ0) is 23.0. The van der Waals surface area contributed by atoms with Crippen molar-refractivity contribution in [2.75, 3.05) is 11.9 Å². The first-order valence-corrected chi connectivity index (χ1v) is 10.7. The number of carboxylic acid groups (broad SMARTS) is 1. The molecule has 9 heteroatoms. The quantitative estimate of drug-likeness (QED) is 0.458. The number of rotatable bonds is 6. The molecule has 0 unspecified atom stereocenters. The molecule has 5 rings (SSSR count). The number of ether oxygens (including phenoxy) is 1. The van der Waals surface area contributed by atoms with E-state index in [9.17, 15) is 19.5 Å². The number of nitrogens with zero attached hydrogens (tertiary/aromatic N) is 1. The SMILES string of the molecule is O=C(Nc1cc(C(=O)NC2(C(=O)O)CCC2)[nH]n1)OCC1c2ccccc2-c2ccccc21. The van der Waals surface area contributed by atoms with E-state index in [-0.39, 0.29) is 24.0 Å². The smallest absolute Gasteiger partial charge is 0.412 e. The van der Waals surface area contributed by atoms with Gasteiger partial charge in [0.05, 0.1) is 0 Å². The second-order valence-corrected chi connectivity index (χ2v) is 8.31. The molecule has 0 spiro atoms. The van der Waals surface area contributed by atoms with Gasteiger partial charge in [-0.05, 0) is 41.5 Å². The van der Waals surface area contributed by atoms with Gasteiger partial charge in [0.15, 0.2) is 5.82 Å². The number of anilines is 1. The molecule has 1 saturated carbocycles. The van der Waals surface area contributed by atoms with Crippen LogP contribution in [0.1, 0.15) is 46.8 Å². The maximum Gasteiger partial charge on any atom is 0.412 e. The van der Waals surface area contributed by atoms with Crippen molar-refractivity contribution in [1.82, 2.24) is 15.5 Å². The molecule has 0 saturated heterocycles. The van der Waals surface area contributed by atoms with Gasteiger partial charge in [0.2, 0.25) is 0 Å². The third-order valence-corrected chi connectivity index (χ3v) is 6.37. The monoisotopic (exact) mass is 446 g/mol. The summed E-state index contributed by atoms with van der Waals surface area (Å²) in [5, 5.41) is 20.8. The molecule has 2 amide bonds. The number of aliphatic carboxylic acids is 1. The maximum absolute atomic E-state index is 12.4. The molecule has 4 N–H and O–H groups in total. The molecule has 1 heterocycles. The average molecular weight is 446 g/mol. The Morgan fingerprint density at radius 2 is 1.70 bits per heavy atom. The van der Waals surface area contributed by atoms with Gasteiger partial charge in [-0.3, -0.25) is 15.2 Å². The summed E-state index contributed by atoms with van der Waals surface area (Å²) in [6, 6.07) is 17.4. The summed E-state index contributed by atoms with van der Waals surface area (Å²) in [6.07, 6.45) is 0.806. The fraction of sp³-hybridized carbons (Fsp3) is 0.250. The Morgan fingerprint density at radius 3 is 2.27 bits per heavy atom. The Bertz CT molecular complexity index is 1200. The summed E-state index contributed by atoms with van der Waals surface area (Å²) in [5.41, 5.74) is 3.30. The first-order chi connectivity index (χ1) is 16.0. The highest BCUT2D eigenvalue weighted by Crippen LogP contribution is 2.44. The lowest BCUT2D eigenvalue weighted by Gasteiger charge is -2.37. The number of hydrogen-bond donors (Lipinski definition) is 4. The predicted octanol–water partition coefficient (Wildman–Crippen LogP) is 3.51. The maximum atomic E-state index is 12.4. The molecular weight excluding hydrogens is 424 g/mol. The Labute approximate surface area is 189 Å². The van der Waals surface area contributed by atoms with Crippen LogP contribution in [0.25, 0.3) is 11.1 Å². The largest absolute Gasteiger partial charge is 0.480 e. The van der Waals surface area contributed by atoms with E-state index < -0.39 is 23.5 Å². The first kappa shape index (κ1) is 20.7. The van der Waals surface area contributed by atoms with Crippen LogP contribution in [0.2, 0.25) is 0 Å². The minimum absolute atomic E-state index is 0.0523. The molecule has 0 atom stereocenters. The van der Waals surface area contributed by atoms with Crippen LogP contribution in [0.15, 0.2) is 54.6 Å². The second kappa shape index (κ2) is 8.09. The highest BCUT2D eigenvalue weighted by molar-refractivity contribution is 5.98. The van der Waals surface area contributed by atoms with Gasteiger partial charge in [-0.2, -0.15) is 5.10 Å². The van der Waals surface area contributed by atoms with Crippen LogP contribution >= 0.6 is 0 Å². The number of benzene rings is 2. The van der Waals surface area contributed by atoms with Crippen LogP contribution in [0.5, 0.6) is 0 Å². The second-order valence-electron chi connectivity index (χ2n) is 8.31. The van der Waals surface area contributed by atoms with E-state index in [1.54, 1.807) is 0 Å². The van der Waals surface area contributed by atoms with Crippen molar-refractivity contribution in [3.8, 4) is 11.1 Å². The zero-order valence-electron chi connectivity index (χ0n) is 17.6. The summed E-state index contributed by atoms with van der Waals surface area (Å²) in [5.74, 6) is -1.61. The number of carbonyl (C=O) groups excluding carboxylic acids is 2. The van der Waals surface area contributed by atoms with Crippen molar-refractivity contribution in [1.29, 1.82) is 0 Å². The molecule has 2 aliphatic carbocycles. The molecule has 9 nitrogen and oxygen atoms in total. The highest BCUT2D eigenvalue weighted by atomic mass is 16.5. The number of fused-ring (bicyclic) bond motifs is 3. The molecule has 168 valence electrons. The van der Waals surface area contributed by atoms with E-state index >= 15 is 0 Å². The minimum Gasteiger partial charge on any atom is -0.480 e. The predicted molar refractivity (Wildman–Crippen MR) is 119 cm³/mol. The number of carboxylic acids is 1. The van der Waals surface area contributed by atoms with Crippen LogP contribution in [0.4, 0.5) is 10.6 Å². The number of aromatic nitrogens is 2. The lowest BCUT2D eigenvalue weighted by Crippen LogP contribution is -2.59. The minimum atomic E-state index is -1.23. The average Bonchev–Trinajstić information content (AvgIpc) is 3.37. The number of nitrogens with one attached hydrogen (secondary N) is 3. The van der Waals surface area contributed by atoms with Crippen molar-refractivity contribution < 1.29 is 24.2 Å². The van der Waals surface area contributed by atoms with E-state index in [1.807, 2.05) is 36.4 Å². The summed E-state index contributed by atoms with van der Waals surface area (Å²) in [4.78, 5) is 36.2. The molecule has 0 bridgehead atoms. The van der Waals surface area contributed by atoms with Gasteiger partial charge in [0.1, 0.15) is 17.8 Å². The Morgan fingerprint density at radius 1 is 1.06 bits per heavy atom. The number of hydrogen-bond acceptors (Lipinski definition) is 5. The number of carbonyl (C=O) groups is 3. The van der Waals surface area contributed by atoms with Gasteiger partial charge >= 0.3 is 12.1 Å². The Balaban J connectivity index is 1.21. The number of amides is 2. The van der Waals surface area contributed by atoms with Gasteiger partial charge in [0, 0.05) is 12.0 Å². The van der Waals surface area contributed by atoms with E-state index in [0.717, 1.165) is 28.7 Å².